The van der Waals surface area contributed by atoms with E-state index in [0.29, 0.717) is 0 Å². The van der Waals surface area contributed by atoms with Gasteiger partial charge in [-0.1, -0.05) is 41.7 Å². The second-order valence-electron chi connectivity index (χ2n) is 6.78. The number of anilines is 1. The van der Waals surface area contributed by atoms with Gasteiger partial charge < -0.3 is 33.6 Å². The molecule has 1 aromatic heterocycles. The van der Waals surface area contributed by atoms with Crippen LogP contribution in [-0.2, 0) is 7.05 Å². The van der Waals surface area contributed by atoms with E-state index in [1.807, 2.05) is 6.07 Å². The number of methoxy groups -OCH3 is 1. The van der Waals surface area contributed by atoms with Gasteiger partial charge in [0.15, 0.2) is 0 Å². The normalized spacial score (nSPS) is 11.1. The molecular weight excluding hydrogens is 479 g/mol. The number of aromatic nitrogens is 1. The molecule has 0 amide bonds. The van der Waals surface area contributed by atoms with E-state index in [2.05, 4.69) is 91.3 Å². The van der Waals surface area contributed by atoms with Crippen molar-refractivity contribution in [3.63, 3.8) is 0 Å². The van der Waals surface area contributed by atoms with Crippen molar-refractivity contribution in [2.45, 2.75) is 0 Å². The SMILES string of the molecule is COc1ccc2c(c1)sc(/C=C/c1ccc(N(C)C)c3ccccc13)[n+]2C.[I-]. The molecule has 1 heterocycles. The highest BCUT2D eigenvalue weighted by Crippen LogP contribution is 2.30. The topological polar surface area (TPSA) is 16.4 Å². The van der Waals surface area contributed by atoms with Gasteiger partial charge in [0, 0.05) is 43.4 Å². The lowest BCUT2D eigenvalue weighted by atomic mass is 10.0. The summed E-state index contributed by atoms with van der Waals surface area (Å²) in [6.07, 6.45) is 4.41. The van der Waals surface area contributed by atoms with Crippen molar-refractivity contribution in [2.24, 2.45) is 7.05 Å². The van der Waals surface area contributed by atoms with Gasteiger partial charge >= 0.3 is 0 Å². The maximum absolute atomic E-state index is 5.35. The number of aryl methyl sites for hydroxylation is 1. The predicted molar refractivity (Wildman–Crippen MR) is 117 cm³/mol. The van der Waals surface area contributed by atoms with Crippen molar-refractivity contribution in [3.8, 4) is 5.75 Å². The first-order chi connectivity index (χ1) is 13.1. The summed E-state index contributed by atoms with van der Waals surface area (Å²) < 4.78 is 8.81. The zero-order valence-electron chi connectivity index (χ0n) is 16.4. The molecule has 0 bridgehead atoms. The van der Waals surface area contributed by atoms with Gasteiger partial charge in [0.2, 0.25) is 5.52 Å². The van der Waals surface area contributed by atoms with E-state index in [9.17, 15) is 0 Å². The molecule has 0 N–H and O–H groups in total. The summed E-state index contributed by atoms with van der Waals surface area (Å²) in [5.41, 5.74) is 3.68. The first kappa shape index (κ1) is 20.6. The first-order valence-electron chi connectivity index (χ1n) is 8.92. The van der Waals surface area contributed by atoms with Crippen LogP contribution in [-0.4, -0.2) is 21.2 Å². The van der Waals surface area contributed by atoms with Gasteiger partial charge in [-0.25, -0.2) is 0 Å². The predicted octanol–water partition coefficient (Wildman–Crippen LogP) is 2.13. The van der Waals surface area contributed by atoms with Gasteiger partial charge in [-0.2, -0.15) is 4.57 Å². The van der Waals surface area contributed by atoms with E-state index in [-0.39, 0.29) is 24.0 Å². The summed E-state index contributed by atoms with van der Waals surface area (Å²) in [4.78, 5) is 2.16. The van der Waals surface area contributed by atoms with Gasteiger partial charge in [-0.05, 0) is 29.2 Å². The lowest BCUT2D eigenvalue weighted by Crippen LogP contribution is -3.00. The minimum Gasteiger partial charge on any atom is -1.00 e. The second kappa shape index (κ2) is 8.49. The van der Waals surface area contributed by atoms with Crippen molar-refractivity contribution < 1.29 is 33.3 Å². The Hall–Kier alpha value is -2.12. The monoisotopic (exact) mass is 502 g/mol. The van der Waals surface area contributed by atoms with E-state index in [1.165, 1.54) is 37.2 Å². The Bertz CT molecular complexity index is 1160. The maximum atomic E-state index is 5.35. The number of thiazole rings is 1. The van der Waals surface area contributed by atoms with Gasteiger partial charge in [0.25, 0.3) is 5.01 Å². The number of benzene rings is 3. The molecule has 3 aromatic carbocycles. The van der Waals surface area contributed by atoms with E-state index < -0.39 is 0 Å². The summed E-state index contributed by atoms with van der Waals surface area (Å²) >= 11 is 1.77. The van der Waals surface area contributed by atoms with E-state index in [4.69, 9.17) is 4.74 Å². The van der Waals surface area contributed by atoms with Crippen LogP contribution in [0.1, 0.15) is 10.6 Å². The second-order valence-corrected chi connectivity index (χ2v) is 7.84. The fourth-order valence-corrected chi connectivity index (χ4v) is 4.51. The van der Waals surface area contributed by atoms with Crippen molar-refractivity contribution >= 4 is 50.2 Å². The van der Waals surface area contributed by atoms with Crippen LogP contribution in [0.3, 0.4) is 0 Å². The minimum atomic E-state index is 0. The molecule has 0 saturated carbocycles. The minimum absolute atomic E-state index is 0. The van der Waals surface area contributed by atoms with Gasteiger partial charge in [-0.3, -0.25) is 0 Å². The zero-order valence-corrected chi connectivity index (χ0v) is 19.4. The molecule has 0 aliphatic heterocycles. The van der Waals surface area contributed by atoms with Crippen molar-refractivity contribution in [1.82, 2.24) is 0 Å². The molecule has 0 unspecified atom stereocenters. The molecule has 144 valence electrons. The van der Waals surface area contributed by atoms with Crippen molar-refractivity contribution in [3.05, 3.63) is 65.2 Å². The Balaban J connectivity index is 0.00000225. The average Bonchev–Trinajstić information content (AvgIpc) is 3.00. The third kappa shape index (κ3) is 3.73. The Morgan fingerprint density at radius 2 is 1.71 bits per heavy atom. The number of hydrogen-bond acceptors (Lipinski definition) is 3. The lowest BCUT2D eigenvalue weighted by molar-refractivity contribution is -0.642. The maximum Gasteiger partial charge on any atom is 0.262 e. The van der Waals surface area contributed by atoms with Crippen molar-refractivity contribution in [2.75, 3.05) is 26.1 Å². The van der Waals surface area contributed by atoms with Gasteiger partial charge in [0.05, 0.1) is 7.11 Å². The molecule has 28 heavy (non-hydrogen) atoms. The Morgan fingerprint density at radius 1 is 0.964 bits per heavy atom. The van der Waals surface area contributed by atoms with Crippen LogP contribution in [0.5, 0.6) is 5.75 Å². The van der Waals surface area contributed by atoms with E-state index >= 15 is 0 Å². The summed E-state index contributed by atoms with van der Waals surface area (Å²) in [5, 5.41) is 3.75. The van der Waals surface area contributed by atoms with Crippen LogP contribution >= 0.6 is 11.3 Å². The molecule has 0 spiro atoms. The quantitative estimate of drug-likeness (QED) is 0.314. The fraction of sp³-hybridized carbons (Fsp3) is 0.174. The van der Waals surface area contributed by atoms with Crippen molar-refractivity contribution in [1.29, 1.82) is 0 Å². The molecule has 0 aliphatic rings. The Labute approximate surface area is 186 Å². The molecule has 0 radical (unpaired) electrons. The molecular formula is C23H23IN2OS. The number of ether oxygens (including phenoxy) is 1. The third-order valence-corrected chi connectivity index (χ3v) is 6.06. The summed E-state index contributed by atoms with van der Waals surface area (Å²) in [7, 11) is 7.99. The molecule has 3 nitrogen and oxygen atoms in total. The summed E-state index contributed by atoms with van der Waals surface area (Å²) in [6.45, 7) is 0. The smallest absolute Gasteiger partial charge is 0.262 e. The van der Waals surface area contributed by atoms with Crippen LogP contribution in [0.2, 0.25) is 0 Å². The molecule has 0 fully saturated rings. The summed E-state index contributed by atoms with van der Waals surface area (Å²) in [5.74, 6) is 0.894. The number of halogens is 1. The first-order valence-corrected chi connectivity index (χ1v) is 9.74. The summed E-state index contributed by atoms with van der Waals surface area (Å²) in [6, 6.07) is 19.2. The zero-order chi connectivity index (χ0) is 19.0. The molecule has 0 atom stereocenters. The Kier molecular flexibility index (Phi) is 6.25. The molecule has 0 aliphatic carbocycles. The number of nitrogens with zero attached hydrogens (tertiary/aromatic N) is 2. The third-order valence-electron chi connectivity index (χ3n) is 4.90. The molecule has 5 heteroatoms. The van der Waals surface area contributed by atoms with Crippen LogP contribution in [0.25, 0.3) is 33.1 Å². The van der Waals surface area contributed by atoms with Crippen LogP contribution in [0.4, 0.5) is 5.69 Å². The standard InChI is InChI=1S/C23H23N2OS.HI/c1-24(2)20-12-9-16(18-7-5-6-8-19(18)20)10-14-23-25(3)21-13-11-17(26-4)15-22(21)27-23;/h5-15H,1-4H3;1H/q+1;/p-1. The molecule has 0 saturated heterocycles. The Morgan fingerprint density at radius 3 is 2.43 bits per heavy atom. The highest BCUT2D eigenvalue weighted by molar-refractivity contribution is 7.18. The molecule has 4 aromatic rings. The number of hydrogen-bond donors (Lipinski definition) is 0. The van der Waals surface area contributed by atoms with E-state index in [1.54, 1.807) is 18.4 Å². The highest BCUT2D eigenvalue weighted by atomic mass is 127. The van der Waals surface area contributed by atoms with Crippen LogP contribution in [0.15, 0.2) is 54.6 Å². The number of fused-ring (bicyclic) bond motifs is 2. The highest BCUT2D eigenvalue weighted by Gasteiger charge is 2.15. The molecule has 4 rings (SSSR count). The largest absolute Gasteiger partial charge is 1.00 e. The fourth-order valence-electron chi connectivity index (χ4n) is 3.43. The van der Waals surface area contributed by atoms with Crippen LogP contribution < -0.4 is 38.2 Å². The van der Waals surface area contributed by atoms with Crippen LogP contribution in [0, 0.1) is 0 Å². The number of rotatable bonds is 4. The lowest BCUT2D eigenvalue weighted by Gasteiger charge is -2.16. The van der Waals surface area contributed by atoms with Gasteiger partial charge in [-0.15, -0.1) is 0 Å². The van der Waals surface area contributed by atoms with E-state index in [0.717, 1.165) is 5.75 Å². The van der Waals surface area contributed by atoms with Gasteiger partial charge in [0.1, 0.15) is 17.5 Å². The average molecular weight is 502 g/mol.